The van der Waals surface area contributed by atoms with Crippen molar-refractivity contribution in [1.82, 2.24) is 14.9 Å². The molecule has 4 aliphatic heterocycles. The van der Waals surface area contributed by atoms with Crippen LogP contribution in [0.3, 0.4) is 0 Å². The zero-order valence-electron chi connectivity index (χ0n) is 25.0. The molecule has 4 aliphatic rings. The molecule has 2 aromatic heterocycles. The van der Waals surface area contributed by atoms with Gasteiger partial charge in [0.15, 0.2) is 11.6 Å². The Balaban J connectivity index is 1.35. The number of thiophene rings is 1. The van der Waals surface area contributed by atoms with Gasteiger partial charge in [-0.3, -0.25) is 4.90 Å². The predicted octanol–water partition coefficient (Wildman–Crippen LogP) is 6.66. The maximum absolute atomic E-state index is 17.1. The number of rotatable bonds is 4. The maximum atomic E-state index is 17.1. The quantitative estimate of drug-likeness (QED) is 0.236. The first-order chi connectivity index (χ1) is 22.7. The van der Waals surface area contributed by atoms with E-state index in [4.69, 9.17) is 31.8 Å². The molecule has 0 radical (unpaired) electrons. The topological polar surface area (TPSA) is 124 Å². The second kappa shape index (κ2) is 11.2. The molecule has 0 spiro atoms. The highest BCUT2D eigenvalue weighted by atomic mass is 35.5. The summed E-state index contributed by atoms with van der Waals surface area (Å²) < 4.78 is 59.3. The van der Waals surface area contributed by atoms with Gasteiger partial charge in [-0.1, -0.05) is 17.7 Å². The molecule has 2 N–H and O–H groups in total. The van der Waals surface area contributed by atoms with E-state index in [0.29, 0.717) is 38.2 Å². The third-order valence-electron chi connectivity index (χ3n) is 9.95. The van der Waals surface area contributed by atoms with E-state index in [1.54, 1.807) is 0 Å². The minimum absolute atomic E-state index is 0.0197. The Morgan fingerprint density at radius 2 is 2.11 bits per heavy atom. The lowest BCUT2D eigenvalue weighted by atomic mass is 9.95. The number of nitrogen functional groups attached to an aromatic ring is 1. The highest BCUT2D eigenvalue weighted by Crippen LogP contribution is 2.52. The van der Waals surface area contributed by atoms with Crippen LogP contribution in [0.4, 0.5) is 24.0 Å². The highest BCUT2D eigenvalue weighted by molar-refractivity contribution is 7.23. The van der Waals surface area contributed by atoms with Gasteiger partial charge < -0.3 is 20.1 Å². The molecule has 3 fully saturated rings. The minimum Gasteiger partial charge on any atom is -0.489 e. The summed E-state index contributed by atoms with van der Waals surface area (Å²) in [5.41, 5.74) is 6.41. The second-order valence-corrected chi connectivity index (χ2v) is 14.0. The monoisotopic (exact) mass is 677 g/mol. The van der Waals surface area contributed by atoms with Gasteiger partial charge >= 0.3 is 6.01 Å². The lowest BCUT2D eigenvalue weighted by molar-refractivity contribution is 0.107. The number of hydrogen-bond donors (Lipinski definition) is 1. The van der Waals surface area contributed by atoms with Gasteiger partial charge in [0, 0.05) is 36.5 Å². The summed E-state index contributed by atoms with van der Waals surface area (Å²) in [6.07, 6.45) is 3.89. The number of fused-ring (bicyclic) bond motifs is 4. The van der Waals surface area contributed by atoms with Gasteiger partial charge in [-0.25, -0.2) is 13.2 Å². The van der Waals surface area contributed by atoms with Crippen LogP contribution in [0.15, 0.2) is 23.8 Å². The zero-order chi connectivity index (χ0) is 32.6. The molecule has 0 bridgehead atoms. The first-order valence-electron chi connectivity index (χ1n) is 15.4. The lowest BCUT2D eigenvalue weighted by Gasteiger charge is -2.36. The summed E-state index contributed by atoms with van der Waals surface area (Å²) in [5, 5.41) is 19.7. The molecular formula is C33H27ClF3N7O2S. The number of ether oxygens (including phenoxy) is 2. The molecule has 0 aliphatic carbocycles. The number of hydrogen-bond acceptors (Lipinski definition) is 10. The van der Waals surface area contributed by atoms with E-state index in [-0.39, 0.29) is 78.7 Å². The van der Waals surface area contributed by atoms with Crippen molar-refractivity contribution in [3.05, 3.63) is 46.0 Å². The first kappa shape index (κ1) is 30.1. The summed E-state index contributed by atoms with van der Waals surface area (Å²) in [5.74, 6) is -0.942. The van der Waals surface area contributed by atoms with E-state index in [1.165, 1.54) is 18.2 Å². The van der Waals surface area contributed by atoms with E-state index < -0.39 is 23.3 Å². The van der Waals surface area contributed by atoms with Crippen molar-refractivity contribution in [1.29, 1.82) is 10.5 Å². The van der Waals surface area contributed by atoms with E-state index >= 15 is 4.39 Å². The number of nitriles is 2. The van der Waals surface area contributed by atoms with Crippen molar-refractivity contribution < 1.29 is 22.6 Å². The molecule has 3 saturated heterocycles. The number of piperidine rings is 1. The van der Waals surface area contributed by atoms with Crippen molar-refractivity contribution >= 4 is 54.7 Å². The zero-order valence-corrected chi connectivity index (χ0v) is 26.5. The predicted molar refractivity (Wildman–Crippen MR) is 173 cm³/mol. The van der Waals surface area contributed by atoms with Crippen molar-refractivity contribution in [2.75, 3.05) is 43.5 Å². The number of benzene rings is 2. The van der Waals surface area contributed by atoms with Crippen LogP contribution in [0.5, 0.6) is 11.8 Å². The Morgan fingerprint density at radius 1 is 1.26 bits per heavy atom. The van der Waals surface area contributed by atoms with Crippen LogP contribution in [-0.4, -0.2) is 65.5 Å². The SMILES string of the molecule is N#C/C=C1\CCC2COc3c(Cl)c(-c4ccc(F)c5sc(N)c(C#N)c45)c(F)c4nc(OC[C@@]56CCCN5C[C@H](F)C6)nc(c34)N2C1. The molecule has 9 nitrogen and oxygen atoms in total. The average molecular weight is 678 g/mol. The van der Waals surface area contributed by atoms with Gasteiger partial charge in [0.05, 0.1) is 38.3 Å². The molecule has 6 heterocycles. The summed E-state index contributed by atoms with van der Waals surface area (Å²) in [7, 11) is 0. The van der Waals surface area contributed by atoms with Gasteiger partial charge in [-0.2, -0.15) is 20.5 Å². The van der Waals surface area contributed by atoms with Gasteiger partial charge in [0.1, 0.15) is 47.6 Å². The Morgan fingerprint density at radius 3 is 2.91 bits per heavy atom. The molecule has 47 heavy (non-hydrogen) atoms. The molecular weight excluding hydrogens is 651 g/mol. The van der Waals surface area contributed by atoms with Crippen LogP contribution < -0.4 is 20.1 Å². The molecule has 240 valence electrons. The van der Waals surface area contributed by atoms with Crippen LogP contribution in [0.25, 0.3) is 32.1 Å². The number of aromatic nitrogens is 2. The highest BCUT2D eigenvalue weighted by Gasteiger charge is 2.49. The largest absolute Gasteiger partial charge is 0.489 e. The standard InChI is InChI=1S/C33H27ClF3N7O2S/c34-25-23(19-4-5-21(36)29-22(19)20(11-39)30(40)47-29)26(37)27-24-28(25)45-14-18-3-2-16(6-8-38)12-44(18)31(24)42-32(41-27)46-15-33-7-1-9-43(33)13-17(35)10-33/h4-6,17-18H,1-3,7,9-10,12-15,40H2/b16-6+/t17-,18?,33+/m1/s1. The lowest BCUT2D eigenvalue weighted by Crippen LogP contribution is -2.44. The molecule has 0 saturated carbocycles. The van der Waals surface area contributed by atoms with Crippen molar-refractivity contribution in [2.45, 2.75) is 49.9 Å². The third kappa shape index (κ3) is 4.59. The van der Waals surface area contributed by atoms with Gasteiger partial charge in [-0.15, -0.1) is 11.3 Å². The van der Waals surface area contributed by atoms with E-state index in [2.05, 4.69) is 16.0 Å². The molecule has 4 aromatic rings. The Kier molecular flexibility index (Phi) is 7.13. The van der Waals surface area contributed by atoms with Gasteiger partial charge in [-0.05, 0) is 49.4 Å². The maximum Gasteiger partial charge on any atom is 0.319 e. The van der Waals surface area contributed by atoms with Crippen LogP contribution in [0.1, 0.15) is 37.7 Å². The summed E-state index contributed by atoms with van der Waals surface area (Å²) >= 11 is 7.91. The number of halogens is 4. The van der Waals surface area contributed by atoms with Crippen molar-refractivity contribution in [3.63, 3.8) is 0 Å². The molecule has 1 unspecified atom stereocenters. The van der Waals surface area contributed by atoms with Crippen molar-refractivity contribution in [3.8, 4) is 35.0 Å². The van der Waals surface area contributed by atoms with E-state index in [0.717, 1.165) is 36.3 Å². The third-order valence-corrected chi connectivity index (χ3v) is 11.3. The molecule has 2 aromatic carbocycles. The summed E-state index contributed by atoms with van der Waals surface area (Å²) in [6, 6.07) is 6.40. The van der Waals surface area contributed by atoms with Crippen LogP contribution in [0.2, 0.25) is 5.02 Å². The van der Waals surface area contributed by atoms with E-state index in [9.17, 15) is 19.3 Å². The van der Waals surface area contributed by atoms with Gasteiger partial charge in [0.2, 0.25) is 0 Å². The smallest absolute Gasteiger partial charge is 0.319 e. The van der Waals surface area contributed by atoms with Crippen molar-refractivity contribution in [2.24, 2.45) is 0 Å². The van der Waals surface area contributed by atoms with Crippen LogP contribution >= 0.6 is 22.9 Å². The number of nitrogens with zero attached hydrogens (tertiary/aromatic N) is 6. The molecule has 3 atom stereocenters. The molecule has 0 amide bonds. The molecule has 8 rings (SSSR count). The summed E-state index contributed by atoms with van der Waals surface area (Å²) in [4.78, 5) is 13.4. The number of anilines is 2. The van der Waals surface area contributed by atoms with Crippen LogP contribution in [0, 0.1) is 34.3 Å². The first-order valence-corrected chi connectivity index (χ1v) is 16.5. The summed E-state index contributed by atoms with van der Waals surface area (Å²) in [6.45, 7) is 1.80. The average Bonchev–Trinajstić information content (AvgIpc) is 3.66. The number of nitrogens with two attached hydrogens (primary N) is 1. The van der Waals surface area contributed by atoms with E-state index in [1.807, 2.05) is 11.0 Å². The Hall–Kier alpha value is -4.30. The van der Waals surface area contributed by atoms with Gasteiger partial charge in [0.25, 0.3) is 0 Å². The molecule has 14 heteroatoms. The van der Waals surface area contributed by atoms with Crippen LogP contribution in [-0.2, 0) is 0 Å². The fourth-order valence-corrected chi connectivity index (χ4v) is 9.06. The fraction of sp³-hybridized carbons (Fsp3) is 0.394. The number of allylic oxidation sites excluding steroid dienone is 1. The fourth-order valence-electron chi connectivity index (χ4n) is 7.78. The Labute approximate surface area is 276 Å². The Bertz CT molecular complexity index is 2110. The number of alkyl halides is 1. The second-order valence-electron chi connectivity index (χ2n) is 12.6. The normalized spacial score (nSPS) is 24.6. The minimum atomic E-state index is -0.959.